The summed E-state index contributed by atoms with van der Waals surface area (Å²) in [6.45, 7) is 3.12. The SMILES string of the molecule is CC1CC(CN)CN1C(=O)c1ccn(-c2c(Cl)cc([N+](=O)[O-])cc2Cl)n1. The molecule has 8 nitrogen and oxygen atoms in total. The number of benzene rings is 1. The minimum atomic E-state index is -0.581. The van der Waals surface area contributed by atoms with Crippen LogP contribution in [0.3, 0.4) is 0 Å². The maximum Gasteiger partial charge on any atom is 0.274 e. The number of hydrogen-bond acceptors (Lipinski definition) is 5. The van der Waals surface area contributed by atoms with Crippen molar-refractivity contribution in [1.82, 2.24) is 14.7 Å². The zero-order valence-corrected chi connectivity index (χ0v) is 15.4. The smallest absolute Gasteiger partial charge is 0.274 e. The molecular weight excluding hydrogens is 381 g/mol. The minimum absolute atomic E-state index is 0.0732. The summed E-state index contributed by atoms with van der Waals surface area (Å²) in [4.78, 5) is 24.8. The highest BCUT2D eigenvalue weighted by Crippen LogP contribution is 2.33. The summed E-state index contributed by atoms with van der Waals surface area (Å²) in [6, 6.07) is 4.05. The third-order valence-electron chi connectivity index (χ3n) is 4.51. The first-order valence-corrected chi connectivity index (χ1v) is 8.78. The van der Waals surface area contributed by atoms with Crippen LogP contribution in [0.2, 0.25) is 10.0 Å². The Morgan fingerprint density at radius 1 is 1.42 bits per heavy atom. The second kappa shape index (κ2) is 7.22. The number of nitrogens with zero attached hydrogens (tertiary/aromatic N) is 4. The maximum absolute atomic E-state index is 12.7. The van der Waals surface area contributed by atoms with Crippen molar-refractivity contribution in [3.8, 4) is 5.69 Å². The van der Waals surface area contributed by atoms with Crippen LogP contribution in [-0.2, 0) is 0 Å². The molecule has 1 aliphatic heterocycles. The number of hydrogen-bond donors (Lipinski definition) is 1. The number of aromatic nitrogens is 2. The minimum Gasteiger partial charge on any atom is -0.334 e. The van der Waals surface area contributed by atoms with Crippen molar-refractivity contribution >= 4 is 34.8 Å². The zero-order valence-electron chi connectivity index (χ0n) is 13.9. The van der Waals surface area contributed by atoms with Gasteiger partial charge in [0, 0.05) is 30.9 Å². The maximum atomic E-state index is 12.7. The molecule has 1 amide bonds. The number of carbonyl (C=O) groups is 1. The average molecular weight is 398 g/mol. The summed E-state index contributed by atoms with van der Waals surface area (Å²) in [5.74, 6) is 0.0935. The number of likely N-dealkylation sites (tertiary alicyclic amines) is 1. The molecule has 10 heteroatoms. The van der Waals surface area contributed by atoms with Gasteiger partial charge in [-0.25, -0.2) is 4.68 Å². The van der Waals surface area contributed by atoms with E-state index in [9.17, 15) is 14.9 Å². The van der Waals surface area contributed by atoms with E-state index in [0.29, 0.717) is 13.1 Å². The van der Waals surface area contributed by atoms with Gasteiger partial charge in [0.05, 0.1) is 15.0 Å². The largest absolute Gasteiger partial charge is 0.334 e. The van der Waals surface area contributed by atoms with Crippen molar-refractivity contribution in [2.75, 3.05) is 13.1 Å². The van der Waals surface area contributed by atoms with Gasteiger partial charge in [0.1, 0.15) is 5.69 Å². The molecule has 26 heavy (non-hydrogen) atoms. The summed E-state index contributed by atoms with van der Waals surface area (Å²) in [5, 5.41) is 15.3. The third-order valence-corrected chi connectivity index (χ3v) is 5.08. The highest BCUT2D eigenvalue weighted by molar-refractivity contribution is 6.38. The number of amides is 1. The summed E-state index contributed by atoms with van der Waals surface area (Å²) in [5.41, 5.74) is 6.03. The first-order chi connectivity index (χ1) is 12.3. The van der Waals surface area contributed by atoms with Crippen LogP contribution in [0.4, 0.5) is 5.69 Å². The van der Waals surface area contributed by atoms with Crippen molar-refractivity contribution in [3.05, 3.63) is 50.2 Å². The summed E-state index contributed by atoms with van der Waals surface area (Å²) >= 11 is 12.3. The van der Waals surface area contributed by atoms with Crippen LogP contribution in [0.25, 0.3) is 5.69 Å². The fourth-order valence-electron chi connectivity index (χ4n) is 3.18. The van der Waals surface area contributed by atoms with Crippen LogP contribution >= 0.6 is 23.2 Å². The van der Waals surface area contributed by atoms with Crippen molar-refractivity contribution in [1.29, 1.82) is 0 Å². The van der Waals surface area contributed by atoms with Crippen molar-refractivity contribution in [2.45, 2.75) is 19.4 Å². The van der Waals surface area contributed by atoms with Crippen LogP contribution < -0.4 is 5.73 Å². The van der Waals surface area contributed by atoms with E-state index in [1.807, 2.05) is 6.92 Å². The van der Waals surface area contributed by atoms with E-state index in [4.69, 9.17) is 28.9 Å². The number of nitrogens with two attached hydrogens (primary N) is 1. The summed E-state index contributed by atoms with van der Waals surface area (Å²) in [6.07, 6.45) is 2.41. The van der Waals surface area contributed by atoms with E-state index in [-0.39, 0.29) is 45.0 Å². The first kappa shape index (κ1) is 18.6. The van der Waals surface area contributed by atoms with Crippen LogP contribution in [0, 0.1) is 16.0 Å². The van der Waals surface area contributed by atoms with Crippen LogP contribution in [0.15, 0.2) is 24.4 Å². The molecule has 1 aliphatic rings. The molecule has 3 rings (SSSR count). The van der Waals surface area contributed by atoms with Gasteiger partial charge in [-0.3, -0.25) is 14.9 Å². The first-order valence-electron chi connectivity index (χ1n) is 8.02. The van der Waals surface area contributed by atoms with Gasteiger partial charge in [-0.1, -0.05) is 23.2 Å². The topological polar surface area (TPSA) is 107 Å². The summed E-state index contributed by atoms with van der Waals surface area (Å²) in [7, 11) is 0. The van der Waals surface area contributed by atoms with E-state index >= 15 is 0 Å². The van der Waals surface area contributed by atoms with Gasteiger partial charge < -0.3 is 10.6 Å². The zero-order chi connectivity index (χ0) is 19.0. The number of nitro benzene ring substituents is 1. The van der Waals surface area contributed by atoms with Gasteiger partial charge in [0.25, 0.3) is 11.6 Å². The molecule has 1 aromatic heterocycles. The number of rotatable bonds is 4. The molecule has 0 bridgehead atoms. The molecule has 1 fully saturated rings. The molecule has 0 radical (unpaired) electrons. The molecule has 1 aromatic carbocycles. The highest BCUT2D eigenvalue weighted by Gasteiger charge is 2.33. The summed E-state index contributed by atoms with van der Waals surface area (Å²) < 4.78 is 1.35. The molecule has 0 saturated carbocycles. The molecule has 1 saturated heterocycles. The monoisotopic (exact) mass is 397 g/mol. The Kier molecular flexibility index (Phi) is 5.17. The van der Waals surface area contributed by atoms with Gasteiger partial charge >= 0.3 is 0 Å². The number of non-ortho nitro benzene ring substituents is 1. The lowest BCUT2D eigenvalue weighted by molar-refractivity contribution is -0.384. The lowest BCUT2D eigenvalue weighted by Gasteiger charge is -2.20. The molecule has 2 N–H and O–H groups in total. The number of carbonyl (C=O) groups excluding carboxylic acids is 1. The fourth-order valence-corrected chi connectivity index (χ4v) is 3.83. The Morgan fingerprint density at radius 2 is 2.08 bits per heavy atom. The quantitative estimate of drug-likeness (QED) is 0.630. The van der Waals surface area contributed by atoms with Crippen molar-refractivity contribution in [3.63, 3.8) is 0 Å². The second-order valence-electron chi connectivity index (χ2n) is 6.30. The predicted octanol–water partition coefficient (Wildman–Crippen LogP) is 2.90. The highest BCUT2D eigenvalue weighted by atomic mass is 35.5. The van der Waals surface area contributed by atoms with Gasteiger partial charge in [-0.2, -0.15) is 5.10 Å². The van der Waals surface area contributed by atoms with E-state index in [1.165, 1.54) is 16.8 Å². The predicted molar refractivity (Wildman–Crippen MR) is 97.9 cm³/mol. The molecule has 0 aliphatic carbocycles. The van der Waals surface area contributed by atoms with Crippen molar-refractivity contribution < 1.29 is 9.72 Å². The Morgan fingerprint density at radius 3 is 2.62 bits per heavy atom. The number of halogens is 2. The molecule has 138 valence electrons. The molecular formula is C16H17Cl2N5O3. The van der Waals surface area contributed by atoms with Crippen LogP contribution in [0.5, 0.6) is 0 Å². The lowest BCUT2D eigenvalue weighted by atomic mass is 10.1. The molecule has 2 unspecified atom stereocenters. The van der Waals surface area contributed by atoms with Gasteiger partial charge in [-0.15, -0.1) is 0 Å². The van der Waals surface area contributed by atoms with Gasteiger partial charge in [-0.05, 0) is 31.9 Å². The fraction of sp³-hybridized carbons (Fsp3) is 0.375. The molecule has 2 atom stereocenters. The molecule has 0 spiro atoms. The Hall–Kier alpha value is -2.16. The van der Waals surface area contributed by atoms with E-state index in [0.717, 1.165) is 6.42 Å². The van der Waals surface area contributed by atoms with Gasteiger partial charge in [0.2, 0.25) is 0 Å². The molecule has 2 heterocycles. The standard InChI is InChI=1S/C16H17Cl2N5O3/c1-9-4-10(7-19)8-21(9)16(24)14-2-3-22(20-14)15-12(17)5-11(23(25)26)6-13(15)18/h2-3,5-6,9-10H,4,7-8,19H2,1H3. The van der Waals surface area contributed by atoms with E-state index < -0.39 is 4.92 Å². The Labute approximate surface area is 159 Å². The normalized spacial score (nSPS) is 19.8. The third kappa shape index (κ3) is 3.40. The number of nitro groups is 1. The van der Waals surface area contributed by atoms with Crippen molar-refractivity contribution in [2.24, 2.45) is 11.7 Å². The van der Waals surface area contributed by atoms with Crippen LogP contribution in [0.1, 0.15) is 23.8 Å². The lowest BCUT2D eigenvalue weighted by Crippen LogP contribution is -2.34. The van der Waals surface area contributed by atoms with Gasteiger partial charge in [0.15, 0.2) is 5.69 Å². The molecule has 2 aromatic rings. The Bertz CT molecular complexity index is 846. The van der Waals surface area contributed by atoms with Crippen LogP contribution in [-0.4, -0.2) is 44.6 Å². The Balaban J connectivity index is 1.89. The average Bonchev–Trinajstić information content (AvgIpc) is 3.20. The van der Waals surface area contributed by atoms with E-state index in [2.05, 4.69) is 5.10 Å². The second-order valence-corrected chi connectivity index (χ2v) is 7.12. The van der Waals surface area contributed by atoms with E-state index in [1.54, 1.807) is 17.2 Å².